The van der Waals surface area contributed by atoms with Crippen molar-refractivity contribution >= 4 is 11.0 Å². The Labute approximate surface area is 93.7 Å². The maximum atomic E-state index is 11.6. The summed E-state index contributed by atoms with van der Waals surface area (Å²) in [5, 5.41) is 0.592. The minimum absolute atomic E-state index is 0.0132. The highest BCUT2D eigenvalue weighted by molar-refractivity contribution is 5.77. The standard InChI is InChI=1S/C13H14O3/c1-3-6-15-10-4-5-11-12(14)7-9(2)16-13(11)8-10/h4-5,7-8H,3,6H2,1-2H3. The van der Waals surface area contributed by atoms with Crippen molar-refractivity contribution in [2.24, 2.45) is 0 Å². The van der Waals surface area contributed by atoms with Crippen molar-refractivity contribution in [1.29, 1.82) is 0 Å². The van der Waals surface area contributed by atoms with Gasteiger partial charge in [-0.05, 0) is 25.5 Å². The van der Waals surface area contributed by atoms with Crippen molar-refractivity contribution in [1.82, 2.24) is 0 Å². The van der Waals surface area contributed by atoms with Crippen LogP contribution in [0.4, 0.5) is 0 Å². The Morgan fingerprint density at radius 2 is 2.12 bits per heavy atom. The van der Waals surface area contributed by atoms with Gasteiger partial charge >= 0.3 is 0 Å². The number of hydrogen-bond donors (Lipinski definition) is 0. The smallest absolute Gasteiger partial charge is 0.192 e. The van der Waals surface area contributed by atoms with Crippen molar-refractivity contribution in [3.05, 3.63) is 40.2 Å². The van der Waals surface area contributed by atoms with E-state index in [2.05, 4.69) is 0 Å². The average molecular weight is 218 g/mol. The molecule has 84 valence electrons. The molecule has 0 fully saturated rings. The van der Waals surface area contributed by atoms with Gasteiger partial charge in [0.25, 0.3) is 0 Å². The first-order chi connectivity index (χ1) is 7.70. The summed E-state index contributed by atoms with van der Waals surface area (Å²) in [6.07, 6.45) is 0.954. The molecule has 1 aromatic heterocycles. The van der Waals surface area contributed by atoms with Crippen molar-refractivity contribution in [3.8, 4) is 5.75 Å². The van der Waals surface area contributed by atoms with Gasteiger partial charge in [-0.25, -0.2) is 0 Å². The summed E-state index contributed by atoms with van der Waals surface area (Å²) in [5.74, 6) is 1.35. The topological polar surface area (TPSA) is 39.4 Å². The molecular weight excluding hydrogens is 204 g/mol. The lowest BCUT2D eigenvalue weighted by molar-refractivity contribution is 0.317. The van der Waals surface area contributed by atoms with Gasteiger partial charge < -0.3 is 9.15 Å². The third kappa shape index (κ3) is 2.08. The Bertz CT molecular complexity index is 555. The predicted octanol–water partition coefficient (Wildman–Crippen LogP) is 2.89. The van der Waals surface area contributed by atoms with Gasteiger partial charge in [0.15, 0.2) is 5.43 Å². The predicted molar refractivity (Wildman–Crippen MR) is 63.0 cm³/mol. The van der Waals surface area contributed by atoms with Crippen LogP contribution in [0.2, 0.25) is 0 Å². The number of ether oxygens (including phenoxy) is 1. The third-order valence-corrected chi connectivity index (χ3v) is 2.30. The fourth-order valence-electron chi connectivity index (χ4n) is 1.57. The molecule has 0 N–H and O–H groups in total. The maximum absolute atomic E-state index is 11.6. The molecular formula is C13H14O3. The molecule has 0 saturated heterocycles. The summed E-state index contributed by atoms with van der Waals surface area (Å²) >= 11 is 0. The fourth-order valence-corrected chi connectivity index (χ4v) is 1.57. The van der Waals surface area contributed by atoms with Crippen LogP contribution in [-0.4, -0.2) is 6.61 Å². The van der Waals surface area contributed by atoms with E-state index in [9.17, 15) is 4.79 Å². The third-order valence-electron chi connectivity index (χ3n) is 2.30. The Morgan fingerprint density at radius 1 is 1.31 bits per heavy atom. The number of rotatable bonds is 3. The molecule has 0 saturated carbocycles. The molecule has 1 aromatic carbocycles. The Balaban J connectivity index is 2.49. The summed E-state index contributed by atoms with van der Waals surface area (Å²) in [4.78, 5) is 11.6. The molecule has 1 heterocycles. The van der Waals surface area contributed by atoms with Gasteiger partial charge in [0, 0.05) is 12.1 Å². The van der Waals surface area contributed by atoms with E-state index < -0.39 is 0 Å². The zero-order valence-electron chi connectivity index (χ0n) is 9.45. The van der Waals surface area contributed by atoms with Gasteiger partial charge in [-0.15, -0.1) is 0 Å². The lowest BCUT2D eigenvalue weighted by Crippen LogP contribution is -2.01. The molecule has 3 heteroatoms. The molecule has 0 radical (unpaired) electrons. The van der Waals surface area contributed by atoms with Crippen LogP contribution in [0.5, 0.6) is 5.75 Å². The van der Waals surface area contributed by atoms with Crippen molar-refractivity contribution in [3.63, 3.8) is 0 Å². The largest absolute Gasteiger partial charge is 0.493 e. The van der Waals surface area contributed by atoms with Crippen LogP contribution in [0.1, 0.15) is 19.1 Å². The number of benzene rings is 1. The Morgan fingerprint density at radius 3 is 2.88 bits per heavy atom. The maximum Gasteiger partial charge on any atom is 0.192 e. The minimum Gasteiger partial charge on any atom is -0.493 e. The van der Waals surface area contributed by atoms with E-state index in [1.807, 2.05) is 6.92 Å². The number of hydrogen-bond acceptors (Lipinski definition) is 3. The van der Waals surface area contributed by atoms with E-state index in [1.165, 1.54) is 6.07 Å². The summed E-state index contributed by atoms with van der Waals surface area (Å²) in [7, 11) is 0. The van der Waals surface area contributed by atoms with Crippen LogP contribution in [0, 0.1) is 6.92 Å². The monoisotopic (exact) mass is 218 g/mol. The average Bonchev–Trinajstić information content (AvgIpc) is 2.25. The molecule has 0 amide bonds. The molecule has 0 spiro atoms. The highest BCUT2D eigenvalue weighted by Crippen LogP contribution is 2.19. The van der Waals surface area contributed by atoms with Crippen LogP contribution in [-0.2, 0) is 0 Å². The van der Waals surface area contributed by atoms with Crippen molar-refractivity contribution < 1.29 is 9.15 Å². The second-order valence-corrected chi connectivity index (χ2v) is 3.73. The number of aryl methyl sites for hydroxylation is 1. The van der Waals surface area contributed by atoms with E-state index in [0.717, 1.165) is 12.2 Å². The van der Waals surface area contributed by atoms with Crippen LogP contribution in [0.3, 0.4) is 0 Å². The molecule has 2 rings (SSSR count). The zero-order chi connectivity index (χ0) is 11.5. The minimum atomic E-state index is -0.0132. The van der Waals surface area contributed by atoms with E-state index in [4.69, 9.17) is 9.15 Å². The van der Waals surface area contributed by atoms with Crippen LogP contribution < -0.4 is 10.2 Å². The van der Waals surface area contributed by atoms with Gasteiger partial charge in [0.2, 0.25) is 0 Å². The molecule has 0 bridgehead atoms. The van der Waals surface area contributed by atoms with E-state index in [-0.39, 0.29) is 5.43 Å². The first-order valence-corrected chi connectivity index (χ1v) is 5.38. The Kier molecular flexibility index (Phi) is 2.95. The lowest BCUT2D eigenvalue weighted by atomic mass is 10.2. The second-order valence-electron chi connectivity index (χ2n) is 3.73. The molecule has 0 atom stereocenters. The zero-order valence-corrected chi connectivity index (χ0v) is 9.45. The van der Waals surface area contributed by atoms with Gasteiger partial charge in [0.1, 0.15) is 17.1 Å². The summed E-state index contributed by atoms with van der Waals surface area (Å²) in [6.45, 7) is 4.48. The normalized spacial score (nSPS) is 10.6. The summed E-state index contributed by atoms with van der Waals surface area (Å²) < 4.78 is 11.0. The SMILES string of the molecule is CCCOc1ccc2c(=O)cc(C)oc2c1. The summed E-state index contributed by atoms with van der Waals surface area (Å²) in [5.41, 5.74) is 0.569. The molecule has 16 heavy (non-hydrogen) atoms. The van der Waals surface area contributed by atoms with Crippen molar-refractivity contribution in [2.45, 2.75) is 20.3 Å². The molecule has 3 nitrogen and oxygen atoms in total. The fraction of sp³-hybridized carbons (Fsp3) is 0.308. The van der Waals surface area contributed by atoms with Crippen LogP contribution in [0.25, 0.3) is 11.0 Å². The molecule has 0 aliphatic rings. The molecule has 0 aliphatic heterocycles. The summed E-state index contributed by atoms with van der Waals surface area (Å²) in [6, 6.07) is 6.80. The molecule has 0 aliphatic carbocycles. The highest BCUT2D eigenvalue weighted by atomic mass is 16.5. The van der Waals surface area contributed by atoms with Crippen LogP contribution >= 0.6 is 0 Å². The van der Waals surface area contributed by atoms with Crippen molar-refractivity contribution in [2.75, 3.05) is 6.61 Å². The van der Waals surface area contributed by atoms with E-state index in [0.29, 0.717) is 23.3 Å². The lowest BCUT2D eigenvalue weighted by Gasteiger charge is -2.05. The Hall–Kier alpha value is -1.77. The van der Waals surface area contributed by atoms with Gasteiger partial charge in [-0.1, -0.05) is 6.92 Å². The van der Waals surface area contributed by atoms with Gasteiger partial charge in [-0.3, -0.25) is 4.79 Å². The molecule has 2 aromatic rings. The van der Waals surface area contributed by atoms with Gasteiger partial charge in [-0.2, -0.15) is 0 Å². The second kappa shape index (κ2) is 4.39. The highest BCUT2D eigenvalue weighted by Gasteiger charge is 2.03. The van der Waals surface area contributed by atoms with E-state index >= 15 is 0 Å². The van der Waals surface area contributed by atoms with Gasteiger partial charge in [0.05, 0.1) is 12.0 Å². The van der Waals surface area contributed by atoms with E-state index in [1.54, 1.807) is 25.1 Å². The quantitative estimate of drug-likeness (QED) is 0.795. The first kappa shape index (κ1) is 10.7. The molecule has 0 unspecified atom stereocenters. The number of fused-ring (bicyclic) bond motifs is 1. The first-order valence-electron chi connectivity index (χ1n) is 5.38. The van der Waals surface area contributed by atoms with Crippen LogP contribution in [0.15, 0.2) is 33.5 Å².